The maximum atomic E-state index is 5.99. The first-order chi connectivity index (χ1) is 7.09. The summed E-state index contributed by atoms with van der Waals surface area (Å²) in [5, 5.41) is 0. The van der Waals surface area contributed by atoms with Crippen LogP contribution in [0, 0.1) is 11.8 Å². The fourth-order valence-corrected chi connectivity index (χ4v) is 3.98. The molecule has 2 saturated carbocycles. The minimum absolute atomic E-state index is 0.250. The molecule has 3 fully saturated rings. The van der Waals surface area contributed by atoms with Crippen molar-refractivity contribution in [3.63, 3.8) is 0 Å². The van der Waals surface area contributed by atoms with Gasteiger partial charge in [-0.15, -0.1) is 0 Å². The first-order valence-corrected chi connectivity index (χ1v) is 6.42. The molecule has 3 rings (SSSR count). The third-order valence-corrected chi connectivity index (χ3v) is 4.25. The number of hydrogen-bond donors (Lipinski definition) is 0. The molecule has 5 unspecified atom stereocenters. The molecular formula is C13H22O2. The quantitative estimate of drug-likeness (QED) is 0.654. The second-order valence-electron chi connectivity index (χ2n) is 6.15. The van der Waals surface area contributed by atoms with Crippen LogP contribution in [0.2, 0.25) is 0 Å². The molecule has 5 atom stereocenters. The minimum atomic E-state index is 0.250. The summed E-state index contributed by atoms with van der Waals surface area (Å²) < 4.78 is 12.0. The summed E-state index contributed by atoms with van der Waals surface area (Å²) in [5.41, 5.74) is 0.250. The summed E-state index contributed by atoms with van der Waals surface area (Å²) in [4.78, 5) is 0. The second kappa shape index (κ2) is 3.21. The number of epoxide rings is 1. The lowest BCUT2D eigenvalue weighted by molar-refractivity contribution is -0.0388. The molecule has 0 amide bonds. The molecule has 0 N–H and O–H groups in total. The Morgan fingerprint density at radius 2 is 2.07 bits per heavy atom. The van der Waals surface area contributed by atoms with Crippen molar-refractivity contribution in [1.29, 1.82) is 0 Å². The van der Waals surface area contributed by atoms with Crippen LogP contribution in [0.3, 0.4) is 0 Å². The van der Waals surface area contributed by atoms with Crippen molar-refractivity contribution >= 4 is 0 Å². The highest BCUT2D eigenvalue weighted by Crippen LogP contribution is 2.59. The van der Waals surface area contributed by atoms with Crippen molar-refractivity contribution < 1.29 is 9.47 Å². The van der Waals surface area contributed by atoms with Gasteiger partial charge in [0.2, 0.25) is 0 Å². The summed E-state index contributed by atoms with van der Waals surface area (Å²) in [5.74, 6) is 1.64. The van der Waals surface area contributed by atoms with Gasteiger partial charge in [0.25, 0.3) is 0 Å². The molecule has 0 radical (unpaired) electrons. The SMILES string of the molecule is CC1CC2CC(OC(C)C)CC3(C1)OC23. The molecule has 1 heterocycles. The molecule has 2 nitrogen and oxygen atoms in total. The Morgan fingerprint density at radius 3 is 2.73 bits per heavy atom. The zero-order valence-corrected chi connectivity index (χ0v) is 10.0. The van der Waals surface area contributed by atoms with Gasteiger partial charge in [0.05, 0.1) is 23.9 Å². The van der Waals surface area contributed by atoms with E-state index in [2.05, 4.69) is 20.8 Å². The second-order valence-corrected chi connectivity index (χ2v) is 6.15. The maximum absolute atomic E-state index is 5.99. The molecular weight excluding hydrogens is 188 g/mol. The fourth-order valence-electron chi connectivity index (χ4n) is 3.98. The van der Waals surface area contributed by atoms with Gasteiger partial charge < -0.3 is 9.47 Å². The fraction of sp³-hybridized carbons (Fsp3) is 1.00. The zero-order chi connectivity index (χ0) is 10.6. The molecule has 0 aromatic rings. The molecule has 1 aliphatic heterocycles. The summed E-state index contributed by atoms with van der Waals surface area (Å²) in [6.07, 6.45) is 6.42. The van der Waals surface area contributed by atoms with Crippen molar-refractivity contribution in [2.24, 2.45) is 11.8 Å². The molecule has 1 saturated heterocycles. The molecule has 0 aromatic heterocycles. The number of hydrogen-bond acceptors (Lipinski definition) is 2. The normalized spacial score (nSPS) is 52.8. The van der Waals surface area contributed by atoms with Crippen LogP contribution in [-0.2, 0) is 9.47 Å². The van der Waals surface area contributed by atoms with Crippen LogP contribution in [0.5, 0.6) is 0 Å². The van der Waals surface area contributed by atoms with Crippen LogP contribution < -0.4 is 0 Å². The zero-order valence-electron chi connectivity index (χ0n) is 10.0. The molecule has 0 spiro atoms. The standard InChI is InChI=1S/C13H22O2/c1-8(2)14-11-5-10-4-9(3)6-13(7-11)12(10)15-13/h8-12H,4-7H2,1-3H3. The first-order valence-electron chi connectivity index (χ1n) is 6.42. The van der Waals surface area contributed by atoms with Gasteiger partial charge in [0.15, 0.2) is 0 Å². The lowest BCUT2D eigenvalue weighted by Crippen LogP contribution is -2.42. The lowest BCUT2D eigenvalue weighted by Gasteiger charge is -2.38. The van der Waals surface area contributed by atoms with E-state index in [-0.39, 0.29) is 5.60 Å². The van der Waals surface area contributed by atoms with Gasteiger partial charge in [0, 0.05) is 6.42 Å². The van der Waals surface area contributed by atoms with Gasteiger partial charge in [-0.2, -0.15) is 0 Å². The Bertz CT molecular complexity index is 263. The van der Waals surface area contributed by atoms with Crippen LogP contribution in [-0.4, -0.2) is 23.9 Å². The molecule has 3 aliphatic rings. The lowest BCUT2D eigenvalue weighted by atomic mass is 9.67. The summed E-state index contributed by atoms with van der Waals surface area (Å²) in [7, 11) is 0. The van der Waals surface area contributed by atoms with Gasteiger partial charge >= 0.3 is 0 Å². The Morgan fingerprint density at radius 1 is 1.27 bits per heavy atom. The van der Waals surface area contributed by atoms with Crippen LogP contribution >= 0.6 is 0 Å². The van der Waals surface area contributed by atoms with E-state index < -0.39 is 0 Å². The van der Waals surface area contributed by atoms with E-state index in [1.54, 1.807) is 0 Å². The monoisotopic (exact) mass is 210 g/mol. The molecule has 0 aromatic carbocycles. The van der Waals surface area contributed by atoms with Gasteiger partial charge in [-0.3, -0.25) is 0 Å². The van der Waals surface area contributed by atoms with E-state index in [1.165, 1.54) is 19.3 Å². The largest absolute Gasteiger partial charge is 0.375 e. The average molecular weight is 210 g/mol. The summed E-state index contributed by atoms with van der Waals surface area (Å²) in [6.45, 7) is 6.64. The predicted octanol–water partition coefficient (Wildman–Crippen LogP) is 2.76. The van der Waals surface area contributed by atoms with Crippen LogP contribution in [0.1, 0.15) is 46.5 Å². The Labute approximate surface area is 92.3 Å². The third-order valence-electron chi connectivity index (χ3n) is 4.25. The molecule has 2 bridgehead atoms. The van der Waals surface area contributed by atoms with Crippen molar-refractivity contribution in [3.05, 3.63) is 0 Å². The van der Waals surface area contributed by atoms with Crippen LogP contribution in [0.15, 0.2) is 0 Å². The molecule has 15 heavy (non-hydrogen) atoms. The minimum Gasteiger partial charge on any atom is -0.375 e. The summed E-state index contributed by atoms with van der Waals surface area (Å²) in [6, 6.07) is 0. The summed E-state index contributed by atoms with van der Waals surface area (Å²) >= 11 is 0. The van der Waals surface area contributed by atoms with Crippen LogP contribution in [0.25, 0.3) is 0 Å². The van der Waals surface area contributed by atoms with E-state index in [0.717, 1.165) is 18.3 Å². The van der Waals surface area contributed by atoms with E-state index in [0.29, 0.717) is 18.3 Å². The van der Waals surface area contributed by atoms with Crippen molar-refractivity contribution in [2.75, 3.05) is 0 Å². The first kappa shape index (κ1) is 10.1. The average Bonchev–Trinajstić information content (AvgIpc) is 2.75. The Hall–Kier alpha value is -0.0800. The third kappa shape index (κ3) is 1.62. The van der Waals surface area contributed by atoms with Crippen molar-refractivity contribution in [3.8, 4) is 0 Å². The molecule has 86 valence electrons. The number of rotatable bonds is 2. The topological polar surface area (TPSA) is 21.8 Å². The Balaban J connectivity index is 1.70. The highest BCUT2D eigenvalue weighted by Gasteiger charge is 2.66. The predicted molar refractivity (Wildman–Crippen MR) is 58.7 cm³/mol. The number of ether oxygens (including phenoxy) is 2. The van der Waals surface area contributed by atoms with Gasteiger partial charge in [-0.1, -0.05) is 6.92 Å². The van der Waals surface area contributed by atoms with E-state index in [1.807, 2.05) is 0 Å². The van der Waals surface area contributed by atoms with Crippen molar-refractivity contribution in [1.82, 2.24) is 0 Å². The Kier molecular flexibility index (Phi) is 2.16. The van der Waals surface area contributed by atoms with Gasteiger partial charge in [0.1, 0.15) is 0 Å². The van der Waals surface area contributed by atoms with Crippen molar-refractivity contribution in [2.45, 2.75) is 70.4 Å². The van der Waals surface area contributed by atoms with E-state index >= 15 is 0 Å². The molecule has 2 aliphatic carbocycles. The maximum Gasteiger partial charge on any atom is 0.0978 e. The van der Waals surface area contributed by atoms with Gasteiger partial charge in [-0.05, 0) is 44.9 Å². The highest BCUT2D eigenvalue weighted by atomic mass is 16.6. The van der Waals surface area contributed by atoms with E-state index in [4.69, 9.17) is 9.47 Å². The van der Waals surface area contributed by atoms with Gasteiger partial charge in [-0.25, -0.2) is 0 Å². The molecule has 2 heteroatoms. The highest BCUT2D eigenvalue weighted by molar-refractivity contribution is 5.14. The smallest absolute Gasteiger partial charge is 0.0978 e. The van der Waals surface area contributed by atoms with Crippen LogP contribution in [0.4, 0.5) is 0 Å². The van der Waals surface area contributed by atoms with E-state index in [9.17, 15) is 0 Å².